The Bertz CT molecular complexity index is 1110. The number of pyridine rings is 1. The lowest BCUT2D eigenvalue weighted by Crippen LogP contribution is -2.04. The summed E-state index contributed by atoms with van der Waals surface area (Å²) in [5.74, 6) is 0.586. The number of halogens is 2. The molecule has 4 nitrogen and oxygen atoms in total. The van der Waals surface area contributed by atoms with Crippen LogP contribution in [0.3, 0.4) is 0 Å². The van der Waals surface area contributed by atoms with E-state index in [9.17, 15) is 4.39 Å². The molecule has 2 heterocycles. The third-order valence-electron chi connectivity index (χ3n) is 4.55. The molecule has 0 saturated heterocycles. The summed E-state index contributed by atoms with van der Waals surface area (Å²) in [7, 11) is 0. The molecule has 2 aromatic carbocycles. The highest BCUT2D eigenvalue weighted by Crippen LogP contribution is 2.28. The molecule has 0 atom stereocenters. The number of imidazole rings is 1. The second-order valence-electron chi connectivity index (χ2n) is 6.39. The van der Waals surface area contributed by atoms with Gasteiger partial charge in [-0.15, -0.1) is 0 Å². The first-order valence-electron chi connectivity index (χ1n) is 8.64. The van der Waals surface area contributed by atoms with Gasteiger partial charge >= 0.3 is 0 Å². The minimum Gasteiger partial charge on any atom is -0.379 e. The Morgan fingerprint density at radius 3 is 2.74 bits per heavy atom. The van der Waals surface area contributed by atoms with Gasteiger partial charge in [0.2, 0.25) is 0 Å². The van der Waals surface area contributed by atoms with Crippen LogP contribution in [0.4, 0.5) is 10.1 Å². The Labute approximate surface area is 161 Å². The van der Waals surface area contributed by atoms with Crippen LogP contribution < -0.4 is 5.32 Å². The average molecular weight is 381 g/mol. The predicted octanol–water partition coefficient (Wildman–Crippen LogP) is 5.19. The summed E-state index contributed by atoms with van der Waals surface area (Å²) in [4.78, 5) is 8.36. The molecule has 0 fully saturated rings. The molecular weight excluding hydrogens is 363 g/mol. The van der Waals surface area contributed by atoms with Crippen molar-refractivity contribution in [2.75, 3.05) is 5.32 Å². The maximum absolute atomic E-state index is 14.7. The van der Waals surface area contributed by atoms with Crippen LogP contribution in [0.5, 0.6) is 0 Å². The molecule has 0 bridgehead atoms. The van der Waals surface area contributed by atoms with Crippen molar-refractivity contribution in [3.05, 3.63) is 88.8 Å². The molecule has 0 amide bonds. The normalized spacial score (nSPS) is 11.1. The fourth-order valence-electron chi connectivity index (χ4n) is 3.09. The molecule has 2 aromatic heterocycles. The van der Waals surface area contributed by atoms with Crippen molar-refractivity contribution in [3.63, 3.8) is 0 Å². The van der Waals surface area contributed by atoms with Crippen molar-refractivity contribution in [3.8, 4) is 0 Å². The Hall–Kier alpha value is -2.92. The fraction of sp³-hybridized carbons (Fsp3) is 0.143. The standard InChI is InChI=1S/C21H18ClFN4/c1-14-24-9-10-27(14)13-16-4-2-3-15(11-16)12-26-19-6-5-17-18(22)7-8-25-21(17)20(19)23/h2-11,26H,12-13H2,1H3. The lowest BCUT2D eigenvalue weighted by atomic mass is 10.1. The van der Waals surface area contributed by atoms with Gasteiger partial charge in [0.15, 0.2) is 5.82 Å². The summed E-state index contributed by atoms with van der Waals surface area (Å²) in [6.07, 6.45) is 5.27. The van der Waals surface area contributed by atoms with Crippen LogP contribution in [0, 0.1) is 12.7 Å². The Kier molecular flexibility index (Phi) is 4.77. The van der Waals surface area contributed by atoms with Gasteiger partial charge in [0, 0.05) is 37.1 Å². The maximum atomic E-state index is 14.7. The van der Waals surface area contributed by atoms with Gasteiger partial charge in [-0.25, -0.2) is 9.37 Å². The van der Waals surface area contributed by atoms with Crippen molar-refractivity contribution in [1.29, 1.82) is 0 Å². The van der Waals surface area contributed by atoms with Crippen LogP contribution in [0.15, 0.2) is 61.1 Å². The monoisotopic (exact) mass is 380 g/mol. The maximum Gasteiger partial charge on any atom is 0.172 e. The van der Waals surface area contributed by atoms with Crippen LogP contribution in [0.1, 0.15) is 17.0 Å². The molecule has 0 spiro atoms. The number of rotatable bonds is 5. The first kappa shape index (κ1) is 17.5. The smallest absolute Gasteiger partial charge is 0.172 e. The molecule has 0 radical (unpaired) electrons. The molecule has 6 heteroatoms. The lowest BCUT2D eigenvalue weighted by molar-refractivity contribution is 0.639. The van der Waals surface area contributed by atoms with Gasteiger partial charge in [0.1, 0.15) is 11.3 Å². The van der Waals surface area contributed by atoms with Crippen LogP contribution in [-0.2, 0) is 13.1 Å². The number of aromatic nitrogens is 3. The molecule has 0 saturated carbocycles. The molecule has 1 N–H and O–H groups in total. The number of anilines is 1. The van der Waals surface area contributed by atoms with E-state index in [1.807, 2.05) is 25.3 Å². The van der Waals surface area contributed by atoms with Crippen molar-refractivity contribution >= 4 is 28.2 Å². The van der Waals surface area contributed by atoms with E-state index in [4.69, 9.17) is 11.6 Å². The first-order chi connectivity index (χ1) is 13.1. The van der Waals surface area contributed by atoms with Gasteiger partial charge < -0.3 is 9.88 Å². The second kappa shape index (κ2) is 7.37. The van der Waals surface area contributed by atoms with Gasteiger partial charge in [-0.1, -0.05) is 35.9 Å². The highest BCUT2D eigenvalue weighted by atomic mass is 35.5. The molecule has 4 rings (SSSR count). The average Bonchev–Trinajstić information content (AvgIpc) is 3.07. The van der Waals surface area contributed by atoms with E-state index >= 15 is 0 Å². The molecule has 0 unspecified atom stereocenters. The van der Waals surface area contributed by atoms with Gasteiger partial charge in [-0.3, -0.25) is 4.98 Å². The zero-order valence-corrected chi connectivity index (χ0v) is 15.5. The third kappa shape index (κ3) is 3.64. The van der Waals surface area contributed by atoms with Crippen molar-refractivity contribution in [2.45, 2.75) is 20.0 Å². The van der Waals surface area contributed by atoms with Gasteiger partial charge in [0.25, 0.3) is 0 Å². The molecule has 0 aliphatic rings. The van der Waals surface area contributed by atoms with E-state index in [0.29, 0.717) is 22.6 Å². The molecule has 4 aromatic rings. The number of hydrogen-bond acceptors (Lipinski definition) is 3. The highest BCUT2D eigenvalue weighted by molar-refractivity contribution is 6.35. The van der Waals surface area contributed by atoms with Crippen LogP contribution in [-0.4, -0.2) is 14.5 Å². The quantitative estimate of drug-likeness (QED) is 0.518. The second-order valence-corrected chi connectivity index (χ2v) is 6.80. The number of nitrogens with zero attached hydrogens (tertiary/aromatic N) is 3. The van der Waals surface area contributed by atoms with Gasteiger partial charge in [-0.2, -0.15) is 0 Å². The minimum absolute atomic E-state index is 0.275. The zero-order valence-electron chi connectivity index (χ0n) is 14.8. The number of nitrogens with one attached hydrogen (secondary N) is 1. The number of hydrogen-bond donors (Lipinski definition) is 1. The molecule has 0 aliphatic carbocycles. The van der Waals surface area contributed by atoms with Crippen molar-refractivity contribution < 1.29 is 4.39 Å². The summed E-state index contributed by atoms with van der Waals surface area (Å²) in [6, 6.07) is 13.4. The highest BCUT2D eigenvalue weighted by Gasteiger charge is 2.10. The van der Waals surface area contributed by atoms with E-state index in [1.54, 1.807) is 24.4 Å². The number of aryl methyl sites for hydroxylation is 1. The van der Waals surface area contributed by atoms with E-state index in [0.717, 1.165) is 17.9 Å². The largest absolute Gasteiger partial charge is 0.379 e. The van der Waals surface area contributed by atoms with E-state index in [-0.39, 0.29) is 11.3 Å². The zero-order chi connectivity index (χ0) is 18.8. The van der Waals surface area contributed by atoms with E-state index < -0.39 is 0 Å². The van der Waals surface area contributed by atoms with Crippen LogP contribution in [0.2, 0.25) is 5.02 Å². The topological polar surface area (TPSA) is 42.7 Å². The molecule has 27 heavy (non-hydrogen) atoms. The summed E-state index contributed by atoms with van der Waals surface area (Å²) in [5, 5.41) is 4.27. The Morgan fingerprint density at radius 2 is 1.93 bits per heavy atom. The Balaban J connectivity index is 1.52. The summed E-state index contributed by atoms with van der Waals surface area (Å²) in [6.45, 7) is 3.25. The SMILES string of the molecule is Cc1nccn1Cc1cccc(CNc2ccc3c(Cl)ccnc3c2F)c1. The van der Waals surface area contributed by atoms with E-state index in [2.05, 4.69) is 32.0 Å². The third-order valence-corrected chi connectivity index (χ3v) is 4.88. The molecular formula is C21H18ClFN4. The first-order valence-corrected chi connectivity index (χ1v) is 9.02. The molecule has 136 valence electrons. The van der Waals surface area contributed by atoms with Crippen molar-refractivity contribution in [2.24, 2.45) is 0 Å². The summed E-state index contributed by atoms with van der Waals surface area (Å²) >= 11 is 6.11. The number of fused-ring (bicyclic) bond motifs is 1. The lowest BCUT2D eigenvalue weighted by Gasteiger charge is -2.11. The van der Waals surface area contributed by atoms with Crippen molar-refractivity contribution in [1.82, 2.24) is 14.5 Å². The number of benzene rings is 2. The summed E-state index contributed by atoms with van der Waals surface area (Å²) < 4.78 is 16.8. The van der Waals surface area contributed by atoms with Gasteiger partial charge in [-0.05, 0) is 36.2 Å². The van der Waals surface area contributed by atoms with Crippen LogP contribution in [0.25, 0.3) is 10.9 Å². The minimum atomic E-state index is -0.389. The van der Waals surface area contributed by atoms with Crippen LogP contribution >= 0.6 is 11.6 Å². The Morgan fingerprint density at radius 1 is 1.07 bits per heavy atom. The fourth-order valence-corrected chi connectivity index (χ4v) is 3.30. The van der Waals surface area contributed by atoms with E-state index in [1.165, 1.54) is 11.8 Å². The summed E-state index contributed by atoms with van der Waals surface area (Å²) in [5.41, 5.74) is 2.93. The van der Waals surface area contributed by atoms with Gasteiger partial charge in [0.05, 0.1) is 10.7 Å². The predicted molar refractivity (Wildman–Crippen MR) is 107 cm³/mol. The molecule has 0 aliphatic heterocycles.